The molecule has 1 aromatic carbocycles. The summed E-state index contributed by atoms with van der Waals surface area (Å²) in [6.07, 6.45) is 4.75. The molecule has 1 aliphatic rings. The second-order valence-corrected chi connectivity index (χ2v) is 5.57. The van der Waals surface area contributed by atoms with Crippen molar-refractivity contribution >= 4 is 5.97 Å². The largest absolute Gasteiger partial charge is 0.478 e. The fourth-order valence-corrected chi connectivity index (χ4v) is 3.03. The van der Waals surface area contributed by atoms with Gasteiger partial charge < -0.3 is 9.67 Å². The van der Waals surface area contributed by atoms with Crippen LogP contribution >= 0.6 is 0 Å². The molecule has 1 fully saturated rings. The van der Waals surface area contributed by atoms with Crippen molar-refractivity contribution < 1.29 is 9.90 Å². The van der Waals surface area contributed by atoms with Crippen molar-refractivity contribution in [2.24, 2.45) is 7.05 Å². The fourth-order valence-electron chi connectivity index (χ4n) is 3.03. The highest BCUT2D eigenvalue weighted by atomic mass is 16.4. The second kappa shape index (κ2) is 5.69. The van der Waals surface area contributed by atoms with Gasteiger partial charge in [0.25, 0.3) is 0 Å². The summed E-state index contributed by atoms with van der Waals surface area (Å²) in [5.41, 5.74) is 1.38. The van der Waals surface area contributed by atoms with Gasteiger partial charge in [-0.05, 0) is 30.5 Å². The summed E-state index contributed by atoms with van der Waals surface area (Å²) in [7, 11) is 2.00. The van der Waals surface area contributed by atoms with E-state index in [9.17, 15) is 9.90 Å². The van der Waals surface area contributed by atoms with E-state index in [4.69, 9.17) is 0 Å². The maximum Gasteiger partial charge on any atom is 0.335 e. The summed E-state index contributed by atoms with van der Waals surface area (Å²) in [6, 6.07) is 7.34. The van der Waals surface area contributed by atoms with Gasteiger partial charge in [0, 0.05) is 26.0 Å². The molecule has 2 aromatic rings. The minimum Gasteiger partial charge on any atom is -0.478 e. The number of carboxylic acids is 1. The van der Waals surface area contributed by atoms with Crippen molar-refractivity contribution in [3.05, 3.63) is 53.6 Å². The quantitative estimate of drug-likeness (QED) is 0.934. The monoisotopic (exact) mass is 285 g/mol. The molecular formula is C16H19N3O2. The number of benzene rings is 1. The maximum atomic E-state index is 11.3. The smallest absolute Gasteiger partial charge is 0.335 e. The molecule has 0 amide bonds. The van der Waals surface area contributed by atoms with Gasteiger partial charge in [0.05, 0.1) is 12.1 Å². The Kier molecular flexibility index (Phi) is 3.75. The number of carbonyl (C=O) groups is 1. The Balaban J connectivity index is 1.73. The second-order valence-electron chi connectivity index (χ2n) is 5.57. The molecule has 0 radical (unpaired) electrons. The van der Waals surface area contributed by atoms with Crippen LogP contribution in [0.5, 0.6) is 0 Å². The Morgan fingerprint density at radius 3 is 2.95 bits per heavy atom. The van der Waals surface area contributed by atoms with Crippen LogP contribution in [0.2, 0.25) is 0 Å². The van der Waals surface area contributed by atoms with Crippen LogP contribution < -0.4 is 0 Å². The summed E-state index contributed by atoms with van der Waals surface area (Å²) in [4.78, 5) is 18.0. The van der Waals surface area contributed by atoms with Crippen molar-refractivity contribution in [2.45, 2.75) is 18.9 Å². The van der Waals surface area contributed by atoms with Gasteiger partial charge >= 0.3 is 5.97 Å². The zero-order valence-corrected chi connectivity index (χ0v) is 12.1. The highest BCUT2D eigenvalue weighted by Crippen LogP contribution is 2.30. The van der Waals surface area contributed by atoms with Crippen molar-refractivity contribution in [1.29, 1.82) is 0 Å². The zero-order valence-electron chi connectivity index (χ0n) is 12.1. The lowest BCUT2D eigenvalue weighted by molar-refractivity contribution is 0.0695. The van der Waals surface area contributed by atoms with Crippen molar-refractivity contribution in [3.8, 4) is 0 Å². The first kappa shape index (κ1) is 13.8. The van der Waals surface area contributed by atoms with Crippen LogP contribution in [0.1, 0.15) is 34.1 Å². The number of carboxylic acid groups (broad SMARTS) is 1. The summed E-state index contributed by atoms with van der Waals surface area (Å²) < 4.78 is 2.03. The van der Waals surface area contributed by atoms with Crippen LogP contribution in [-0.4, -0.2) is 38.6 Å². The third-order valence-electron chi connectivity index (χ3n) is 4.19. The standard InChI is InChI=1S/C16H19N3O2/c1-18-9-7-17-15(18)11-19-8-6-12(10-19)13-4-2-3-5-14(13)16(20)21/h2-5,7,9,12H,6,8,10-11H2,1H3,(H,20,21). The molecule has 1 unspecified atom stereocenters. The predicted octanol–water partition coefficient (Wildman–Crippen LogP) is 2.11. The van der Waals surface area contributed by atoms with E-state index in [1.807, 2.05) is 36.1 Å². The lowest BCUT2D eigenvalue weighted by Crippen LogP contribution is -2.22. The molecule has 0 bridgehead atoms. The Bertz CT molecular complexity index is 650. The van der Waals surface area contributed by atoms with Gasteiger partial charge in [-0.3, -0.25) is 4.90 Å². The van der Waals surface area contributed by atoms with Crippen molar-refractivity contribution in [3.63, 3.8) is 0 Å². The van der Waals surface area contributed by atoms with Crippen LogP contribution in [-0.2, 0) is 13.6 Å². The first-order valence-corrected chi connectivity index (χ1v) is 7.16. The molecule has 5 nitrogen and oxygen atoms in total. The Morgan fingerprint density at radius 1 is 1.43 bits per heavy atom. The predicted molar refractivity (Wildman–Crippen MR) is 79.2 cm³/mol. The molecule has 1 atom stereocenters. The summed E-state index contributed by atoms with van der Waals surface area (Å²) in [5.74, 6) is 0.493. The molecule has 3 rings (SSSR count). The number of nitrogens with zero attached hydrogens (tertiary/aromatic N) is 3. The van der Waals surface area contributed by atoms with Gasteiger partial charge in [-0.25, -0.2) is 9.78 Å². The molecule has 0 aliphatic carbocycles. The SMILES string of the molecule is Cn1ccnc1CN1CCC(c2ccccc2C(=O)O)C1. The van der Waals surface area contributed by atoms with E-state index in [0.29, 0.717) is 5.56 Å². The van der Waals surface area contributed by atoms with E-state index in [0.717, 1.165) is 37.4 Å². The zero-order chi connectivity index (χ0) is 14.8. The minimum absolute atomic E-state index is 0.289. The summed E-state index contributed by atoms with van der Waals surface area (Å²) in [5, 5.41) is 9.31. The molecule has 0 spiro atoms. The molecule has 5 heteroatoms. The number of hydrogen-bond donors (Lipinski definition) is 1. The number of imidazole rings is 1. The van der Waals surface area contributed by atoms with Gasteiger partial charge in [0.2, 0.25) is 0 Å². The van der Waals surface area contributed by atoms with Crippen LogP contribution in [0.25, 0.3) is 0 Å². The number of rotatable bonds is 4. The Hall–Kier alpha value is -2.14. The van der Waals surface area contributed by atoms with E-state index in [1.54, 1.807) is 12.1 Å². The molecule has 21 heavy (non-hydrogen) atoms. The van der Waals surface area contributed by atoms with Gasteiger partial charge in [-0.1, -0.05) is 18.2 Å². The minimum atomic E-state index is -0.840. The molecule has 1 aliphatic heterocycles. The first-order valence-electron chi connectivity index (χ1n) is 7.16. The third kappa shape index (κ3) is 2.83. The van der Waals surface area contributed by atoms with Gasteiger partial charge in [-0.15, -0.1) is 0 Å². The summed E-state index contributed by atoms with van der Waals surface area (Å²) in [6.45, 7) is 2.68. The van der Waals surface area contributed by atoms with E-state index in [2.05, 4.69) is 9.88 Å². The average Bonchev–Trinajstić information content (AvgIpc) is 3.09. The average molecular weight is 285 g/mol. The Labute approximate surface area is 123 Å². The third-order valence-corrected chi connectivity index (χ3v) is 4.19. The number of aryl methyl sites for hydroxylation is 1. The molecule has 2 heterocycles. The molecule has 1 saturated heterocycles. The van der Waals surface area contributed by atoms with Crippen LogP contribution in [0.4, 0.5) is 0 Å². The summed E-state index contributed by atoms with van der Waals surface area (Å²) >= 11 is 0. The van der Waals surface area contributed by atoms with Crippen LogP contribution in [0.15, 0.2) is 36.7 Å². The maximum absolute atomic E-state index is 11.3. The Morgan fingerprint density at radius 2 is 2.24 bits per heavy atom. The number of likely N-dealkylation sites (tertiary alicyclic amines) is 1. The van der Waals surface area contributed by atoms with Gasteiger partial charge in [0.15, 0.2) is 0 Å². The molecule has 1 aromatic heterocycles. The highest BCUT2D eigenvalue weighted by Gasteiger charge is 2.27. The van der Waals surface area contributed by atoms with E-state index in [1.165, 1.54) is 0 Å². The van der Waals surface area contributed by atoms with Crippen LogP contribution in [0.3, 0.4) is 0 Å². The highest BCUT2D eigenvalue weighted by molar-refractivity contribution is 5.89. The molecule has 1 N–H and O–H groups in total. The lowest BCUT2D eigenvalue weighted by Gasteiger charge is -2.17. The topological polar surface area (TPSA) is 58.4 Å². The number of aromatic nitrogens is 2. The lowest BCUT2D eigenvalue weighted by atomic mass is 9.93. The normalized spacial score (nSPS) is 19.0. The molecule has 0 saturated carbocycles. The van der Waals surface area contributed by atoms with E-state index < -0.39 is 5.97 Å². The fraction of sp³-hybridized carbons (Fsp3) is 0.375. The van der Waals surface area contributed by atoms with Crippen molar-refractivity contribution in [1.82, 2.24) is 14.5 Å². The van der Waals surface area contributed by atoms with E-state index >= 15 is 0 Å². The van der Waals surface area contributed by atoms with Gasteiger partial charge in [0.1, 0.15) is 5.82 Å². The number of aromatic carboxylic acids is 1. The van der Waals surface area contributed by atoms with Crippen molar-refractivity contribution in [2.75, 3.05) is 13.1 Å². The van der Waals surface area contributed by atoms with Crippen LogP contribution in [0, 0.1) is 0 Å². The molecule has 110 valence electrons. The van der Waals surface area contributed by atoms with Gasteiger partial charge in [-0.2, -0.15) is 0 Å². The first-order chi connectivity index (χ1) is 10.1. The molecular weight excluding hydrogens is 266 g/mol. The number of hydrogen-bond acceptors (Lipinski definition) is 3. The van der Waals surface area contributed by atoms with E-state index in [-0.39, 0.29) is 5.92 Å².